The van der Waals surface area contributed by atoms with Crippen LogP contribution in [0, 0.1) is 6.92 Å². The first-order valence-corrected chi connectivity index (χ1v) is 13.4. The highest BCUT2D eigenvalue weighted by Crippen LogP contribution is 2.36. The zero-order chi connectivity index (χ0) is 25.9. The van der Waals surface area contributed by atoms with Crippen molar-refractivity contribution in [2.75, 3.05) is 0 Å². The van der Waals surface area contributed by atoms with Crippen molar-refractivity contribution < 1.29 is 18.6 Å². The third-order valence-corrected chi connectivity index (χ3v) is 8.17. The second kappa shape index (κ2) is 11.0. The summed E-state index contributed by atoms with van der Waals surface area (Å²) in [5.41, 5.74) is 4.01. The molecule has 1 atom stereocenters. The topological polar surface area (TPSA) is 77.8 Å². The van der Waals surface area contributed by atoms with Crippen molar-refractivity contribution in [2.24, 2.45) is 0 Å². The van der Waals surface area contributed by atoms with Gasteiger partial charge in [0.1, 0.15) is 11.0 Å². The monoisotopic (exact) mass is 541 g/mol. The number of phenols is 1. The molecule has 0 amide bonds. The van der Waals surface area contributed by atoms with Gasteiger partial charge in [-0.2, -0.15) is 4.31 Å². The van der Waals surface area contributed by atoms with Gasteiger partial charge >= 0.3 is 0 Å². The van der Waals surface area contributed by atoms with Gasteiger partial charge in [-0.25, -0.2) is 8.42 Å². The van der Waals surface area contributed by atoms with Crippen LogP contribution in [0.5, 0.6) is 5.75 Å². The lowest BCUT2D eigenvalue weighted by Gasteiger charge is -2.24. The molecule has 5 nitrogen and oxygen atoms in total. The maximum absolute atomic E-state index is 13.7. The minimum atomic E-state index is -4.19. The highest BCUT2D eigenvalue weighted by molar-refractivity contribution is 7.89. The van der Waals surface area contributed by atoms with E-state index in [1.54, 1.807) is 24.3 Å². The summed E-state index contributed by atoms with van der Waals surface area (Å²) in [5, 5.41) is 21.1. The number of aromatic hydroxyl groups is 1. The molecule has 0 aliphatic heterocycles. The van der Waals surface area contributed by atoms with Crippen LogP contribution in [0.15, 0.2) is 95.9 Å². The molecule has 0 aliphatic carbocycles. The normalized spacial score (nSPS) is 12.6. The van der Waals surface area contributed by atoms with E-state index in [1.165, 1.54) is 16.4 Å². The molecule has 0 heterocycles. The second-order valence-electron chi connectivity index (χ2n) is 8.55. The van der Waals surface area contributed by atoms with Crippen molar-refractivity contribution in [1.29, 1.82) is 0 Å². The van der Waals surface area contributed by atoms with Crippen LogP contribution in [0.2, 0.25) is 10.0 Å². The van der Waals surface area contributed by atoms with E-state index < -0.39 is 21.9 Å². The van der Waals surface area contributed by atoms with Gasteiger partial charge in [0.2, 0.25) is 10.0 Å². The van der Waals surface area contributed by atoms with E-state index in [0.717, 1.165) is 16.7 Å². The van der Waals surface area contributed by atoms with E-state index in [0.29, 0.717) is 11.1 Å². The molecule has 186 valence electrons. The number of sulfonamides is 1. The van der Waals surface area contributed by atoms with Crippen molar-refractivity contribution in [1.82, 2.24) is 4.31 Å². The highest BCUT2D eigenvalue weighted by atomic mass is 35.5. The standard InChI is InChI=1S/C28H25Cl2NO4S/c1-19-7-9-20(10-8-19)17-31(36(34,35)26-16-24(29)15-25(30)28(26)33)18-21-11-13-23(14-12-21)27(32)22-5-3-2-4-6-22/h2-16,27,32-33H,17-18H2,1H3. The van der Waals surface area contributed by atoms with Gasteiger partial charge in [-0.3, -0.25) is 0 Å². The van der Waals surface area contributed by atoms with Crippen LogP contribution in [0.25, 0.3) is 0 Å². The van der Waals surface area contributed by atoms with Crippen molar-refractivity contribution in [2.45, 2.75) is 31.0 Å². The molecular weight excluding hydrogens is 517 g/mol. The zero-order valence-corrected chi connectivity index (χ0v) is 21.8. The highest BCUT2D eigenvalue weighted by Gasteiger charge is 2.29. The number of aryl methyl sites for hydroxylation is 1. The molecule has 0 fully saturated rings. The maximum Gasteiger partial charge on any atom is 0.247 e. The number of halogens is 2. The SMILES string of the molecule is Cc1ccc(CN(Cc2ccc(C(O)c3ccccc3)cc2)S(=O)(=O)c2cc(Cl)cc(Cl)c2O)cc1. The van der Waals surface area contributed by atoms with Crippen LogP contribution in [-0.2, 0) is 23.1 Å². The summed E-state index contributed by atoms with van der Waals surface area (Å²) in [6.07, 6.45) is -0.793. The fourth-order valence-electron chi connectivity index (χ4n) is 3.84. The van der Waals surface area contributed by atoms with Gasteiger partial charge in [0.25, 0.3) is 0 Å². The Morgan fingerprint density at radius 1 is 0.806 bits per heavy atom. The molecule has 36 heavy (non-hydrogen) atoms. The average Bonchev–Trinajstić information content (AvgIpc) is 2.87. The summed E-state index contributed by atoms with van der Waals surface area (Å²) in [7, 11) is -4.19. The van der Waals surface area contributed by atoms with Gasteiger partial charge in [-0.1, -0.05) is 108 Å². The first kappa shape index (κ1) is 26.2. The maximum atomic E-state index is 13.7. The van der Waals surface area contributed by atoms with Crippen LogP contribution in [0.1, 0.15) is 33.9 Å². The first-order chi connectivity index (χ1) is 17.1. The Labute approximate surface area is 221 Å². The molecule has 4 aromatic rings. The molecule has 4 rings (SSSR count). The summed E-state index contributed by atoms with van der Waals surface area (Å²) in [6, 6.07) is 26.4. The van der Waals surface area contributed by atoms with E-state index >= 15 is 0 Å². The average molecular weight is 542 g/mol. The molecule has 0 saturated carbocycles. The van der Waals surface area contributed by atoms with E-state index in [9.17, 15) is 18.6 Å². The molecule has 0 saturated heterocycles. The lowest BCUT2D eigenvalue weighted by atomic mass is 10.0. The third-order valence-electron chi connectivity index (χ3n) is 5.86. The molecule has 0 aromatic heterocycles. The summed E-state index contributed by atoms with van der Waals surface area (Å²) in [5.74, 6) is -0.545. The molecule has 0 spiro atoms. The van der Waals surface area contributed by atoms with Gasteiger partial charge in [-0.15, -0.1) is 0 Å². The number of nitrogens with zero attached hydrogens (tertiary/aromatic N) is 1. The van der Waals surface area contributed by atoms with Gasteiger partial charge in [-0.05, 0) is 41.3 Å². The number of hydrogen-bond donors (Lipinski definition) is 2. The Morgan fingerprint density at radius 2 is 1.33 bits per heavy atom. The molecule has 0 radical (unpaired) electrons. The van der Waals surface area contributed by atoms with Crippen molar-refractivity contribution in [3.63, 3.8) is 0 Å². The van der Waals surface area contributed by atoms with Crippen LogP contribution in [0.3, 0.4) is 0 Å². The summed E-state index contributed by atoms with van der Waals surface area (Å²) < 4.78 is 28.7. The van der Waals surface area contributed by atoms with E-state index in [-0.39, 0.29) is 28.0 Å². The largest absolute Gasteiger partial charge is 0.505 e. The Balaban J connectivity index is 1.67. The van der Waals surface area contributed by atoms with Crippen molar-refractivity contribution in [3.05, 3.63) is 129 Å². The summed E-state index contributed by atoms with van der Waals surface area (Å²) in [6.45, 7) is 2.05. The summed E-state index contributed by atoms with van der Waals surface area (Å²) in [4.78, 5) is -0.358. The number of aliphatic hydroxyl groups excluding tert-OH is 1. The van der Waals surface area contributed by atoms with Crippen molar-refractivity contribution in [3.8, 4) is 5.75 Å². The van der Waals surface area contributed by atoms with E-state index in [2.05, 4.69) is 0 Å². The number of benzene rings is 4. The fraction of sp³-hybridized carbons (Fsp3) is 0.143. The van der Waals surface area contributed by atoms with Gasteiger partial charge < -0.3 is 10.2 Å². The third kappa shape index (κ3) is 5.91. The molecule has 1 unspecified atom stereocenters. The molecule has 8 heteroatoms. The molecule has 0 bridgehead atoms. The second-order valence-corrected chi connectivity index (χ2v) is 11.3. The molecule has 2 N–H and O–H groups in total. The quantitative estimate of drug-likeness (QED) is 0.267. The molecular formula is C28H25Cl2NO4S. The smallest absolute Gasteiger partial charge is 0.247 e. The lowest BCUT2D eigenvalue weighted by Crippen LogP contribution is -2.30. The number of hydrogen-bond acceptors (Lipinski definition) is 4. The van der Waals surface area contributed by atoms with Crippen LogP contribution >= 0.6 is 23.2 Å². The number of rotatable bonds is 8. The van der Waals surface area contributed by atoms with Crippen LogP contribution < -0.4 is 0 Å². The van der Waals surface area contributed by atoms with Gasteiger partial charge in [0, 0.05) is 18.1 Å². The fourth-order valence-corrected chi connectivity index (χ4v) is 6.00. The number of aliphatic hydroxyl groups is 1. The van der Waals surface area contributed by atoms with Gasteiger partial charge in [0.15, 0.2) is 5.75 Å². The lowest BCUT2D eigenvalue weighted by molar-refractivity contribution is 0.220. The van der Waals surface area contributed by atoms with E-state index in [1.807, 2.05) is 61.5 Å². The van der Waals surface area contributed by atoms with Gasteiger partial charge in [0.05, 0.1) is 5.02 Å². The Bertz CT molecular complexity index is 1440. The summed E-state index contributed by atoms with van der Waals surface area (Å²) >= 11 is 12.1. The Kier molecular flexibility index (Phi) is 8.03. The van der Waals surface area contributed by atoms with Crippen molar-refractivity contribution >= 4 is 33.2 Å². The Morgan fingerprint density at radius 3 is 1.92 bits per heavy atom. The predicted octanol–water partition coefficient (Wildman–Crippen LogP) is 6.48. The van der Waals surface area contributed by atoms with E-state index in [4.69, 9.17) is 23.2 Å². The molecule has 4 aromatic carbocycles. The molecule has 0 aliphatic rings. The first-order valence-electron chi connectivity index (χ1n) is 11.2. The van der Waals surface area contributed by atoms with Crippen LogP contribution in [0.4, 0.5) is 0 Å². The minimum absolute atomic E-state index is 0.0293. The zero-order valence-electron chi connectivity index (χ0n) is 19.5. The predicted molar refractivity (Wildman–Crippen MR) is 143 cm³/mol. The minimum Gasteiger partial charge on any atom is -0.505 e. The Hall–Kier alpha value is -2.87. The van der Waals surface area contributed by atoms with Crippen LogP contribution in [-0.4, -0.2) is 22.9 Å². The number of phenolic OH excluding ortho intramolecular Hbond substituents is 1.